The molecule has 2 aliphatic rings. The average molecular weight is 315 g/mol. The van der Waals surface area contributed by atoms with Crippen LogP contribution in [0.2, 0.25) is 0 Å². The Kier molecular flexibility index (Phi) is 4.37. The fourth-order valence-electron chi connectivity index (χ4n) is 3.33. The summed E-state index contributed by atoms with van der Waals surface area (Å²) in [6.07, 6.45) is 3.02. The number of ketones is 1. The Labute approximate surface area is 135 Å². The van der Waals surface area contributed by atoms with Gasteiger partial charge in [-0.2, -0.15) is 0 Å². The first-order valence-corrected chi connectivity index (χ1v) is 7.90. The van der Waals surface area contributed by atoms with Crippen molar-refractivity contribution in [2.75, 3.05) is 20.8 Å². The van der Waals surface area contributed by atoms with Crippen molar-refractivity contribution >= 4 is 11.7 Å². The molecule has 0 atom stereocenters. The summed E-state index contributed by atoms with van der Waals surface area (Å²) >= 11 is 0. The number of ether oxygens (including phenoxy) is 2. The minimum atomic E-state index is 0.124. The van der Waals surface area contributed by atoms with Crippen LogP contribution in [0.25, 0.3) is 0 Å². The minimum absolute atomic E-state index is 0.124. The Balaban J connectivity index is 1.75. The molecule has 0 N–H and O–H groups in total. The molecule has 3 rings (SSSR count). The van der Waals surface area contributed by atoms with Crippen LogP contribution in [0.15, 0.2) is 29.5 Å². The van der Waals surface area contributed by atoms with Gasteiger partial charge in [0.15, 0.2) is 17.3 Å². The lowest BCUT2D eigenvalue weighted by Gasteiger charge is -2.28. The van der Waals surface area contributed by atoms with Crippen LogP contribution in [-0.4, -0.2) is 37.4 Å². The molecule has 1 amide bonds. The van der Waals surface area contributed by atoms with Gasteiger partial charge in [0.1, 0.15) is 0 Å². The van der Waals surface area contributed by atoms with E-state index in [0.717, 1.165) is 23.3 Å². The third-order valence-electron chi connectivity index (χ3n) is 4.56. The summed E-state index contributed by atoms with van der Waals surface area (Å²) in [5.74, 6) is 1.71. The predicted octanol–water partition coefficient (Wildman–Crippen LogP) is 2.49. The normalized spacial score (nSPS) is 17.6. The number of hydrogen-bond acceptors (Lipinski definition) is 4. The molecule has 1 aliphatic carbocycles. The Morgan fingerprint density at radius 1 is 1.00 bits per heavy atom. The van der Waals surface area contributed by atoms with Gasteiger partial charge in [0.25, 0.3) is 0 Å². The molecular formula is C18H21NO4. The number of allylic oxidation sites excluding steroid dienone is 2. The maximum absolute atomic E-state index is 12.2. The fourth-order valence-corrected chi connectivity index (χ4v) is 3.33. The Morgan fingerprint density at radius 2 is 1.78 bits per heavy atom. The second kappa shape index (κ2) is 6.44. The number of hydrogen-bond donors (Lipinski definition) is 0. The van der Waals surface area contributed by atoms with E-state index in [2.05, 4.69) is 0 Å². The van der Waals surface area contributed by atoms with Crippen molar-refractivity contribution in [2.24, 2.45) is 0 Å². The maximum atomic E-state index is 12.2. The summed E-state index contributed by atoms with van der Waals surface area (Å²) in [5, 5.41) is 0. The largest absolute Gasteiger partial charge is 0.493 e. The van der Waals surface area contributed by atoms with Crippen molar-refractivity contribution in [2.45, 2.75) is 32.1 Å². The number of nitrogens with zero attached hydrogens (tertiary/aromatic N) is 1. The van der Waals surface area contributed by atoms with Gasteiger partial charge >= 0.3 is 0 Å². The summed E-state index contributed by atoms with van der Waals surface area (Å²) in [4.78, 5) is 25.9. The molecule has 0 fully saturated rings. The molecule has 0 radical (unpaired) electrons. The number of Topliss-reactive ketones (excluding diaryl/α,β-unsaturated/α-hetero) is 1. The van der Waals surface area contributed by atoms with Crippen LogP contribution in [0, 0.1) is 0 Å². The zero-order chi connectivity index (χ0) is 16.4. The van der Waals surface area contributed by atoms with Crippen molar-refractivity contribution in [1.82, 2.24) is 4.90 Å². The highest BCUT2D eigenvalue weighted by Crippen LogP contribution is 2.34. The summed E-state index contributed by atoms with van der Waals surface area (Å²) in [5.41, 5.74) is 2.90. The van der Waals surface area contributed by atoms with Gasteiger partial charge in [-0.3, -0.25) is 9.59 Å². The zero-order valence-corrected chi connectivity index (χ0v) is 13.6. The lowest BCUT2D eigenvalue weighted by Crippen LogP contribution is -2.35. The second-order valence-electron chi connectivity index (χ2n) is 5.83. The molecule has 1 aliphatic heterocycles. The number of rotatable bonds is 5. The summed E-state index contributed by atoms with van der Waals surface area (Å²) in [6.45, 7) is 0.598. The van der Waals surface area contributed by atoms with Crippen LogP contribution >= 0.6 is 0 Å². The van der Waals surface area contributed by atoms with E-state index in [4.69, 9.17) is 9.47 Å². The van der Waals surface area contributed by atoms with Gasteiger partial charge < -0.3 is 14.4 Å². The van der Waals surface area contributed by atoms with Crippen LogP contribution in [0.1, 0.15) is 31.2 Å². The highest BCUT2D eigenvalue weighted by molar-refractivity contribution is 6.01. The lowest BCUT2D eigenvalue weighted by molar-refractivity contribution is -0.130. The molecule has 1 heterocycles. The van der Waals surface area contributed by atoms with Gasteiger partial charge in [-0.25, -0.2) is 0 Å². The monoisotopic (exact) mass is 315 g/mol. The number of carbonyl (C=O) groups excluding carboxylic acids is 2. The van der Waals surface area contributed by atoms with Crippen LogP contribution in [0.4, 0.5) is 0 Å². The van der Waals surface area contributed by atoms with Crippen molar-refractivity contribution in [1.29, 1.82) is 0 Å². The van der Waals surface area contributed by atoms with E-state index in [9.17, 15) is 9.59 Å². The average Bonchev–Trinajstić information content (AvgIpc) is 2.95. The van der Waals surface area contributed by atoms with E-state index >= 15 is 0 Å². The third kappa shape index (κ3) is 2.96. The fraction of sp³-hybridized carbons (Fsp3) is 0.444. The molecule has 0 aromatic heterocycles. The molecule has 23 heavy (non-hydrogen) atoms. The molecule has 1 aromatic carbocycles. The van der Waals surface area contributed by atoms with Gasteiger partial charge in [-0.15, -0.1) is 0 Å². The first-order valence-electron chi connectivity index (χ1n) is 7.90. The Hall–Kier alpha value is -2.30. The molecule has 1 aromatic rings. The summed E-state index contributed by atoms with van der Waals surface area (Å²) < 4.78 is 10.6. The standard InChI is InChI=1S/C18H21NO4/c1-22-16-7-3-12(11-17(16)23-2)9-10-19-14-5-6-15(20)13(14)4-8-18(19)21/h3,7,11H,4-6,8-10H2,1-2H3. The molecular weight excluding hydrogens is 294 g/mol. The molecule has 0 bridgehead atoms. The molecule has 122 valence electrons. The third-order valence-corrected chi connectivity index (χ3v) is 4.56. The maximum Gasteiger partial charge on any atom is 0.227 e. The van der Waals surface area contributed by atoms with Crippen LogP contribution in [0.3, 0.4) is 0 Å². The van der Waals surface area contributed by atoms with Gasteiger partial charge in [-0.1, -0.05) is 6.07 Å². The van der Waals surface area contributed by atoms with E-state index < -0.39 is 0 Å². The number of carbonyl (C=O) groups is 2. The van der Waals surface area contributed by atoms with Crippen LogP contribution < -0.4 is 9.47 Å². The van der Waals surface area contributed by atoms with Gasteiger partial charge in [0.05, 0.1) is 14.2 Å². The lowest BCUT2D eigenvalue weighted by atomic mass is 10.0. The van der Waals surface area contributed by atoms with Gasteiger partial charge in [0.2, 0.25) is 5.91 Å². The number of amides is 1. The molecule has 0 saturated carbocycles. The Morgan fingerprint density at radius 3 is 2.52 bits per heavy atom. The number of benzene rings is 1. The highest BCUT2D eigenvalue weighted by atomic mass is 16.5. The van der Waals surface area contributed by atoms with Crippen molar-refractivity contribution in [3.8, 4) is 11.5 Å². The van der Waals surface area contributed by atoms with Crippen molar-refractivity contribution < 1.29 is 19.1 Å². The molecule has 0 unspecified atom stereocenters. The molecule has 5 nitrogen and oxygen atoms in total. The molecule has 0 saturated heterocycles. The Bertz CT molecular complexity index is 678. The second-order valence-corrected chi connectivity index (χ2v) is 5.83. The van der Waals surface area contributed by atoms with Gasteiger partial charge in [-0.05, 0) is 37.0 Å². The molecule has 0 spiro atoms. The SMILES string of the molecule is COc1ccc(CCN2C(=O)CCC3=C2CCC3=O)cc1OC. The van der Waals surface area contributed by atoms with E-state index in [-0.39, 0.29) is 11.7 Å². The molecule has 5 heteroatoms. The van der Waals surface area contributed by atoms with E-state index in [1.807, 2.05) is 18.2 Å². The first kappa shape index (κ1) is 15.6. The zero-order valence-electron chi connectivity index (χ0n) is 13.6. The van der Waals surface area contributed by atoms with Crippen LogP contribution in [-0.2, 0) is 16.0 Å². The van der Waals surface area contributed by atoms with Crippen molar-refractivity contribution in [3.05, 3.63) is 35.0 Å². The highest BCUT2D eigenvalue weighted by Gasteiger charge is 2.33. The first-order chi connectivity index (χ1) is 11.1. The van der Waals surface area contributed by atoms with E-state index in [0.29, 0.717) is 43.7 Å². The topological polar surface area (TPSA) is 55.8 Å². The summed E-state index contributed by atoms with van der Waals surface area (Å²) in [6, 6.07) is 5.78. The summed E-state index contributed by atoms with van der Waals surface area (Å²) in [7, 11) is 3.21. The van der Waals surface area contributed by atoms with E-state index in [1.54, 1.807) is 19.1 Å². The predicted molar refractivity (Wildman–Crippen MR) is 85.5 cm³/mol. The van der Waals surface area contributed by atoms with Gasteiger partial charge in [0, 0.05) is 30.7 Å². The number of methoxy groups -OCH3 is 2. The smallest absolute Gasteiger partial charge is 0.227 e. The quantitative estimate of drug-likeness (QED) is 0.837. The van der Waals surface area contributed by atoms with Crippen LogP contribution in [0.5, 0.6) is 11.5 Å². The van der Waals surface area contributed by atoms with Crippen molar-refractivity contribution in [3.63, 3.8) is 0 Å². The van der Waals surface area contributed by atoms with E-state index in [1.165, 1.54) is 0 Å². The minimum Gasteiger partial charge on any atom is -0.493 e.